The minimum atomic E-state index is -0.276. The van der Waals surface area contributed by atoms with Gasteiger partial charge in [0.25, 0.3) is 0 Å². The van der Waals surface area contributed by atoms with Crippen molar-refractivity contribution in [3.8, 4) is 0 Å². The van der Waals surface area contributed by atoms with Crippen LogP contribution in [0.2, 0.25) is 0 Å². The normalized spacial score (nSPS) is 18.4. The summed E-state index contributed by atoms with van der Waals surface area (Å²) in [7, 11) is 0. The van der Waals surface area contributed by atoms with Crippen LogP contribution in [0, 0.1) is 16.7 Å². The Balaban J connectivity index is 2.51. The van der Waals surface area contributed by atoms with E-state index >= 15 is 0 Å². The van der Waals surface area contributed by atoms with Gasteiger partial charge in [0.05, 0.1) is 0 Å². The molecule has 1 fully saturated rings. The van der Waals surface area contributed by atoms with Gasteiger partial charge in [0.1, 0.15) is 0 Å². The molecule has 0 aromatic carbocycles. The summed E-state index contributed by atoms with van der Waals surface area (Å²) >= 11 is 0. The van der Waals surface area contributed by atoms with E-state index in [1.165, 1.54) is 25.7 Å². The molecule has 0 spiro atoms. The smallest absolute Gasteiger partial charge is 0.225 e. The van der Waals surface area contributed by atoms with Crippen LogP contribution in [-0.2, 0) is 4.79 Å². The van der Waals surface area contributed by atoms with Crippen molar-refractivity contribution in [1.82, 2.24) is 5.32 Å². The van der Waals surface area contributed by atoms with Crippen molar-refractivity contribution in [2.45, 2.75) is 53.4 Å². The molecular weight excluding hydrogens is 214 g/mol. The Morgan fingerprint density at radius 2 is 1.76 bits per heavy atom. The zero-order valence-electron chi connectivity index (χ0n) is 11.7. The first-order chi connectivity index (χ1) is 7.79. The third-order valence-electron chi connectivity index (χ3n) is 4.12. The Kier molecular flexibility index (Phi) is 4.59. The van der Waals surface area contributed by atoms with E-state index in [0.717, 1.165) is 0 Å². The summed E-state index contributed by atoms with van der Waals surface area (Å²) in [6.07, 6.45) is 4.85. The van der Waals surface area contributed by atoms with E-state index in [1.807, 2.05) is 27.7 Å². The molecule has 0 aliphatic heterocycles. The third-order valence-corrected chi connectivity index (χ3v) is 4.12. The van der Waals surface area contributed by atoms with Crippen LogP contribution in [0.4, 0.5) is 0 Å². The van der Waals surface area contributed by atoms with E-state index in [0.29, 0.717) is 12.5 Å². The second-order valence-corrected chi connectivity index (χ2v) is 6.71. The number of carbonyl (C=O) groups excluding carboxylic acids is 1. The maximum absolute atomic E-state index is 12.2. The largest absolute Gasteiger partial charge is 0.396 e. The summed E-state index contributed by atoms with van der Waals surface area (Å²) < 4.78 is 0. The van der Waals surface area contributed by atoms with Gasteiger partial charge in [-0.2, -0.15) is 0 Å². The highest BCUT2D eigenvalue weighted by Crippen LogP contribution is 2.39. The highest BCUT2D eigenvalue weighted by atomic mass is 16.3. The number of amides is 1. The first kappa shape index (κ1) is 14.5. The molecule has 1 aliphatic carbocycles. The lowest BCUT2D eigenvalue weighted by molar-refractivity contribution is -0.132. The molecule has 1 saturated carbocycles. The molecule has 0 aromatic rings. The minimum absolute atomic E-state index is 0.0944. The van der Waals surface area contributed by atoms with Crippen molar-refractivity contribution in [3.05, 3.63) is 0 Å². The van der Waals surface area contributed by atoms with E-state index < -0.39 is 0 Å². The first-order valence-corrected chi connectivity index (χ1v) is 6.69. The molecule has 100 valence electrons. The average molecular weight is 241 g/mol. The Morgan fingerprint density at radius 1 is 1.24 bits per heavy atom. The number of hydrogen-bond acceptors (Lipinski definition) is 2. The van der Waals surface area contributed by atoms with E-state index in [1.54, 1.807) is 0 Å². The first-order valence-electron chi connectivity index (χ1n) is 6.69. The summed E-state index contributed by atoms with van der Waals surface area (Å²) in [5.74, 6) is 0.644. The molecule has 17 heavy (non-hydrogen) atoms. The number of nitrogens with one attached hydrogen (secondary N) is 1. The van der Waals surface area contributed by atoms with Crippen molar-refractivity contribution < 1.29 is 9.90 Å². The van der Waals surface area contributed by atoms with Crippen molar-refractivity contribution in [2.75, 3.05) is 13.2 Å². The molecule has 0 heterocycles. The predicted octanol–water partition coefficient (Wildman–Crippen LogP) is 2.34. The van der Waals surface area contributed by atoms with Gasteiger partial charge in [-0.3, -0.25) is 4.79 Å². The number of aliphatic hydroxyl groups excluding tert-OH is 1. The SMILES string of the molecule is CC(C)(CO)CNC(=O)C(C)(C)C1CCCC1. The quantitative estimate of drug-likeness (QED) is 0.776. The van der Waals surface area contributed by atoms with E-state index in [-0.39, 0.29) is 23.3 Å². The fourth-order valence-electron chi connectivity index (χ4n) is 2.44. The fourth-order valence-corrected chi connectivity index (χ4v) is 2.44. The molecule has 0 atom stereocenters. The van der Waals surface area contributed by atoms with Crippen LogP contribution in [0.1, 0.15) is 53.4 Å². The van der Waals surface area contributed by atoms with Gasteiger partial charge in [0.2, 0.25) is 5.91 Å². The lowest BCUT2D eigenvalue weighted by atomic mass is 9.76. The molecule has 0 saturated heterocycles. The van der Waals surface area contributed by atoms with Crippen LogP contribution in [0.5, 0.6) is 0 Å². The van der Waals surface area contributed by atoms with E-state index in [2.05, 4.69) is 5.32 Å². The lowest BCUT2D eigenvalue weighted by Gasteiger charge is -2.32. The maximum atomic E-state index is 12.2. The van der Waals surface area contributed by atoms with Gasteiger partial charge in [0.15, 0.2) is 0 Å². The summed E-state index contributed by atoms with van der Waals surface area (Å²) in [5, 5.41) is 12.2. The Labute approximate surface area is 105 Å². The monoisotopic (exact) mass is 241 g/mol. The summed E-state index contributed by atoms with van der Waals surface area (Å²) in [6.45, 7) is 8.63. The van der Waals surface area contributed by atoms with Crippen molar-refractivity contribution >= 4 is 5.91 Å². The Bertz CT molecular complexity index is 265. The van der Waals surface area contributed by atoms with Crippen LogP contribution >= 0.6 is 0 Å². The highest BCUT2D eigenvalue weighted by molar-refractivity contribution is 5.82. The second-order valence-electron chi connectivity index (χ2n) is 6.71. The van der Waals surface area contributed by atoms with Gasteiger partial charge in [-0.25, -0.2) is 0 Å². The predicted molar refractivity (Wildman–Crippen MR) is 69.6 cm³/mol. The van der Waals surface area contributed by atoms with Crippen LogP contribution in [0.25, 0.3) is 0 Å². The fraction of sp³-hybridized carbons (Fsp3) is 0.929. The maximum Gasteiger partial charge on any atom is 0.225 e. The van der Waals surface area contributed by atoms with Crippen molar-refractivity contribution in [1.29, 1.82) is 0 Å². The highest BCUT2D eigenvalue weighted by Gasteiger charge is 2.38. The molecule has 0 unspecified atom stereocenters. The van der Waals surface area contributed by atoms with Crippen molar-refractivity contribution in [2.24, 2.45) is 16.7 Å². The standard InChI is InChI=1S/C14H27NO2/c1-13(2,10-16)9-15-12(17)14(3,4)11-7-5-6-8-11/h11,16H,5-10H2,1-4H3,(H,15,17). The van der Waals surface area contributed by atoms with E-state index in [9.17, 15) is 4.79 Å². The molecular formula is C14H27NO2. The molecule has 0 bridgehead atoms. The third kappa shape index (κ3) is 3.70. The average Bonchev–Trinajstić information content (AvgIpc) is 2.79. The topological polar surface area (TPSA) is 49.3 Å². The lowest BCUT2D eigenvalue weighted by Crippen LogP contribution is -2.45. The van der Waals surface area contributed by atoms with Gasteiger partial charge in [-0.05, 0) is 18.8 Å². The number of rotatable bonds is 5. The van der Waals surface area contributed by atoms with Crippen LogP contribution in [0.15, 0.2) is 0 Å². The minimum Gasteiger partial charge on any atom is -0.396 e. The molecule has 1 aliphatic rings. The summed E-state index contributed by atoms with van der Waals surface area (Å²) in [4.78, 5) is 12.2. The second kappa shape index (κ2) is 5.38. The van der Waals surface area contributed by atoms with E-state index in [4.69, 9.17) is 5.11 Å². The molecule has 0 aromatic heterocycles. The summed E-state index contributed by atoms with van der Waals surface area (Å²) in [5.41, 5.74) is -0.510. The Hall–Kier alpha value is -0.570. The molecule has 1 amide bonds. The van der Waals surface area contributed by atoms with Gasteiger partial charge in [-0.1, -0.05) is 40.5 Å². The number of carbonyl (C=O) groups is 1. The molecule has 2 N–H and O–H groups in total. The van der Waals surface area contributed by atoms with Gasteiger partial charge >= 0.3 is 0 Å². The molecule has 3 nitrogen and oxygen atoms in total. The zero-order valence-corrected chi connectivity index (χ0v) is 11.7. The van der Waals surface area contributed by atoms with Gasteiger partial charge < -0.3 is 10.4 Å². The molecule has 3 heteroatoms. The zero-order chi connectivity index (χ0) is 13.1. The molecule has 0 radical (unpaired) electrons. The van der Waals surface area contributed by atoms with Crippen LogP contribution < -0.4 is 5.32 Å². The number of hydrogen-bond donors (Lipinski definition) is 2. The molecule has 1 rings (SSSR count). The van der Waals surface area contributed by atoms with Crippen LogP contribution in [-0.4, -0.2) is 24.2 Å². The Morgan fingerprint density at radius 3 is 2.24 bits per heavy atom. The van der Waals surface area contributed by atoms with Crippen LogP contribution in [0.3, 0.4) is 0 Å². The van der Waals surface area contributed by atoms with Gasteiger partial charge in [-0.15, -0.1) is 0 Å². The van der Waals surface area contributed by atoms with Gasteiger partial charge in [0, 0.05) is 24.0 Å². The number of aliphatic hydroxyl groups is 1. The summed E-state index contributed by atoms with van der Waals surface area (Å²) in [6, 6.07) is 0. The van der Waals surface area contributed by atoms with Crippen molar-refractivity contribution in [3.63, 3.8) is 0 Å².